The fourth-order valence-corrected chi connectivity index (χ4v) is 8.24. The van der Waals surface area contributed by atoms with E-state index in [9.17, 15) is 9.59 Å². The van der Waals surface area contributed by atoms with Gasteiger partial charge in [0.25, 0.3) is 0 Å². The fraction of sp³-hybridized carbons (Fsp3) is 0.733. The molecule has 0 saturated heterocycles. The maximum Gasteiger partial charge on any atom is 0.199 e. The average molecular weight is 523 g/mol. The molecular weight excluding hydrogens is 468 g/mol. The standard InChI is InChI=1S/C30H54O3SSi/c1-13-28(33-35(14-2,15-3)16-4)25(8)21-24(7)20-23(6)19-22(5)17-18-27(31)26(9)29(32)34-30(10,11)12/h19,21,23,26,28H,7,13-18,20H2,1-6,8-12H3/b22-19+,25-21+/t23-,26?,28-/m1/s1. The first-order valence-electron chi connectivity index (χ1n) is 13.6. The molecule has 1 unspecified atom stereocenters. The lowest BCUT2D eigenvalue weighted by atomic mass is 9.95. The molecule has 0 N–H and O–H groups in total. The SMILES string of the molecule is C=C(/C=C(\C)[C@@H](CC)O[Si](CC)(CC)CC)C[C@H](C)/C=C(\C)CCC(=O)C(C)C(=O)SC(C)(C)C. The van der Waals surface area contributed by atoms with Crippen LogP contribution in [0, 0.1) is 11.8 Å². The second-order valence-electron chi connectivity index (χ2n) is 11.2. The lowest BCUT2D eigenvalue weighted by Crippen LogP contribution is -2.40. The molecule has 0 aliphatic carbocycles. The molecule has 202 valence electrons. The minimum atomic E-state index is -1.64. The summed E-state index contributed by atoms with van der Waals surface area (Å²) in [5, 5.41) is -0.0259. The third kappa shape index (κ3) is 13.3. The van der Waals surface area contributed by atoms with E-state index in [-0.39, 0.29) is 21.7 Å². The molecule has 0 aromatic rings. The first-order valence-corrected chi connectivity index (χ1v) is 16.9. The van der Waals surface area contributed by atoms with E-state index in [1.54, 1.807) is 6.92 Å². The molecule has 3 atom stereocenters. The molecule has 0 spiro atoms. The van der Waals surface area contributed by atoms with Crippen molar-refractivity contribution in [3.8, 4) is 0 Å². The molecule has 0 heterocycles. The van der Waals surface area contributed by atoms with Crippen molar-refractivity contribution in [3.05, 3.63) is 35.5 Å². The number of ketones is 1. The minimum Gasteiger partial charge on any atom is -0.410 e. The van der Waals surface area contributed by atoms with Crippen LogP contribution in [-0.4, -0.2) is 30.1 Å². The quantitative estimate of drug-likeness (QED) is 0.0876. The van der Waals surface area contributed by atoms with Gasteiger partial charge in [-0.25, -0.2) is 0 Å². The molecule has 0 bridgehead atoms. The normalized spacial score (nSPS) is 16.1. The Labute approximate surface area is 222 Å². The van der Waals surface area contributed by atoms with E-state index in [0.29, 0.717) is 18.8 Å². The summed E-state index contributed by atoms with van der Waals surface area (Å²) in [6, 6.07) is 3.49. The smallest absolute Gasteiger partial charge is 0.199 e. The molecule has 3 nitrogen and oxygen atoms in total. The van der Waals surface area contributed by atoms with E-state index in [0.717, 1.165) is 36.5 Å². The highest BCUT2D eigenvalue weighted by Crippen LogP contribution is 2.29. The lowest BCUT2D eigenvalue weighted by molar-refractivity contribution is -0.127. The first kappa shape index (κ1) is 34.1. The number of carbonyl (C=O) groups is 2. The zero-order chi connectivity index (χ0) is 27.4. The Hall–Kier alpha value is -0.913. The van der Waals surface area contributed by atoms with Crippen LogP contribution in [0.5, 0.6) is 0 Å². The van der Waals surface area contributed by atoms with Crippen molar-refractivity contribution >= 4 is 31.0 Å². The summed E-state index contributed by atoms with van der Waals surface area (Å²) in [7, 11) is -1.64. The Morgan fingerprint density at radius 1 is 1.00 bits per heavy atom. The van der Waals surface area contributed by atoms with Gasteiger partial charge in [0.2, 0.25) is 0 Å². The third-order valence-corrected chi connectivity index (χ3v) is 12.6. The van der Waals surface area contributed by atoms with Crippen molar-refractivity contribution in [1.82, 2.24) is 0 Å². The van der Waals surface area contributed by atoms with Crippen molar-refractivity contribution in [2.75, 3.05) is 0 Å². The Kier molecular flexibility index (Phi) is 15.6. The Bertz CT molecular complexity index is 748. The van der Waals surface area contributed by atoms with E-state index < -0.39 is 14.2 Å². The van der Waals surface area contributed by atoms with Gasteiger partial charge in [0.1, 0.15) is 5.78 Å². The van der Waals surface area contributed by atoms with Gasteiger partial charge in [-0.3, -0.25) is 9.59 Å². The maximum atomic E-state index is 12.5. The van der Waals surface area contributed by atoms with Crippen molar-refractivity contribution in [2.45, 2.75) is 131 Å². The van der Waals surface area contributed by atoms with Crippen LogP contribution in [0.1, 0.15) is 102 Å². The average Bonchev–Trinajstić information content (AvgIpc) is 2.76. The van der Waals surface area contributed by atoms with Crippen molar-refractivity contribution in [1.29, 1.82) is 0 Å². The molecular formula is C30H54O3SSi. The zero-order valence-corrected chi connectivity index (χ0v) is 26.5. The molecule has 0 aliphatic heterocycles. The second kappa shape index (κ2) is 16.0. The lowest BCUT2D eigenvalue weighted by Gasteiger charge is -2.33. The van der Waals surface area contributed by atoms with Gasteiger partial charge in [-0.05, 0) is 69.7 Å². The number of allylic oxidation sites excluding steroid dienone is 4. The second-order valence-corrected chi connectivity index (χ2v) is 17.8. The van der Waals surface area contributed by atoms with Crippen LogP contribution >= 0.6 is 11.8 Å². The van der Waals surface area contributed by atoms with Gasteiger partial charge in [-0.2, -0.15) is 0 Å². The van der Waals surface area contributed by atoms with Gasteiger partial charge >= 0.3 is 0 Å². The molecule has 0 amide bonds. The summed E-state index contributed by atoms with van der Waals surface area (Å²) in [6.45, 7) is 27.5. The molecule has 0 fully saturated rings. The van der Waals surface area contributed by atoms with Crippen LogP contribution in [0.4, 0.5) is 0 Å². The summed E-state index contributed by atoms with van der Waals surface area (Å²) in [4.78, 5) is 24.9. The number of thioether (sulfide) groups is 1. The molecule has 0 saturated carbocycles. The largest absolute Gasteiger partial charge is 0.410 e. The number of hydrogen-bond acceptors (Lipinski definition) is 4. The highest BCUT2D eigenvalue weighted by atomic mass is 32.2. The summed E-state index contributed by atoms with van der Waals surface area (Å²) in [5.41, 5.74) is 3.59. The summed E-state index contributed by atoms with van der Waals surface area (Å²) in [5.74, 6) is -0.166. The molecule has 0 aliphatic rings. The van der Waals surface area contributed by atoms with Crippen molar-refractivity contribution in [2.24, 2.45) is 11.8 Å². The molecule has 0 rings (SSSR count). The molecule has 0 radical (unpaired) electrons. The monoisotopic (exact) mass is 522 g/mol. The highest BCUT2D eigenvalue weighted by Gasteiger charge is 2.32. The van der Waals surface area contributed by atoms with Gasteiger partial charge in [-0.1, -0.05) is 97.0 Å². The van der Waals surface area contributed by atoms with E-state index in [1.807, 2.05) is 20.8 Å². The van der Waals surface area contributed by atoms with Gasteiger partial charge in [0, 0.05) is 11.2 Å². The fourth-order valence-electron chi connectivity index (χ4n) is 4.37. The van der Waals surface area contributed by atoms with Crippen LogP contribution in [0.3, 0.4) is 0 Å². The number of Topliss-reactive ketones (excluding diaryl/α,β-unsaturated/α-hetero) is 1. The van der Waals surface area contributed by atoms with E-state index in [1.165, 1.54) is 22.9 Å². The topological polar surface area (TPSA) is 43.4 Å². The summed E-state index contributed by atoms with van der Waals surface area (Å²) in [6.07, 6.45) is 7.63. The van der Waals surface area contributed by atoms with Crippen LogP contribution in [0.25, 0.3) is 0 Å². The van der Waals surface area contributed by atoms with E-state index in [4.69, 9.17) is 4.43 Å². The van der Waals surface area contributed by atoms with E-state index >= 15 is 0 Å². The van der Waals surface area contributed by atoms with Gasteiger partial charge < -0.3 is 4.43 Å². The molecule has 35 heavy (non-hydrogen) atoms. The van der Waals surface area contributed by atoms with Crippen molar-refractivity contribution in [3.63, 3.8) is 0 Å². The van der Waals surface area contributed by atoms with Crippen LogP contribution in [0.15, 0.2) is 35.5 Å². The predicted molar refractivity (Wildman–Crippen MR) is 159 cm³/mol. The highest BCUT2D eigenvalue weighted by molar-refractivity contribution is 8.14. The number of rotatable bonds is 16. The molecule has 0 aromatic carbocycles. The van der Waals surface area contributed by atoms with Gasteiger partial charge in [-0.15, -0.1) is 0 Å². The molecule has 5 heteroatoms. The summed E-state index contributed by atoms with van der Waals surface area (Å²) >= 11 is 1.26. The maximum absolute atomic E-state index is 12.5. The van der Waals surface area contributed by atoms with Crippen molar-refractivity contribution < 1.29 is 14.0 Å². The summed E-state index contributed by atoms with van der Waals surface area (Å²) < 4.78 is 6.58. The minimum absolute atomic E-state index is 0.0259. The van der Waals surface area contributed by atoms with Crippen LogP contribution in [0.2, 0.25) is 18.1 Å². The van der Waals surface area contributed by atoms with Crippen LogP contribution < -0.4 is 0 Å². The van der Waals surface area contributed by atoms with Gasteiger partial charge in [0.05, 0.1) is 12.0 Å². The zero-order valence-electron chi connectivity index (χ0n) is 24.7. The molecule has 0 aromatic heterocycles. The number of carbonyl (C=O) groups excluding carboxylic acids is 2. The van der Waals surface area contributed by atoms with Gasteiger partial charge in [0.15, 0.2) is 13.4 Å². The van der Waals surface area contributed by atoms with E-state index in [2.05, 4.69) is 67.2 Å². The third-order valence-electron chi connectivity index (χ3n) is 6.80. The number of hydrogen-bond donors (Lipinski definition) is 0. The predicted octanol–water partition coefficient (Wildman–Crippen LogP) is 9.31. The Morgan fingerprint density at radius 2 is 1.54 bits per heavy atom. The first-order chi connectivity index (χ1) is 16.1. The Morgan fingerprint density at radius 3 is 2.00 bits per heavy atom. The van der Waals surface area contributed by atoms with Crippen LogP contribution in [-0.2, 0) is 14.0 Å². The Balaban J connectivity index is 4.94.